The highest BCUT2D eigenvalue weighted by molar-refractivity contribution is 4.79. The van der Waals surface area contributed by atoms with Crippen LogP contribution in [0.1, 0.15) is 26.7 Å². The van der Waals surface area contributed by atoms with Crippen LogP contribution in [0.3, 0.4) is 0 Å². The molecule has 1 rings (SSSR count). The zero-order valence-corrected chi connectivity index (χ0v) is 6.80. The number of nitrogens with one attached hydrogen (secondary N) is 1. The quantitative estimate of drug-likeness (QED) is 0.568. The first-order valence-electron chi connectivity index (χ1n) is 4.11. The maximum atomic E-state index is 9.23. The van der Waals surface area contributed by atoms with Gasteiger partial charge in [-0.15, -0.1) is 0 Å². The molecule has 1 saturated heterocycles. The van der Waals surface area contributed by atoms with Gasteiger partial charge < -0.3 is 10.4 Å². The molecule has 0 amide bonds. The molecule has 0 saturated carbocycles. The molecule has 0 spiro atoms. The minimum Gasteiger partial charge on any atom is -0.392 e. The number of hydrogen-bond donors (Lipinski definition) is 2. The number of rotatable bonds is 1. The van der Waals surface area contributed by atoms with E-state index >= 15 is 0 Å². The van der Waals surface area contributed by atoms with Gasteiger partial charge in [-0.1, -0.05) is 6.92 Å². The molecule has 2 nitrogen and oxygen atoms in total. The Hall–Kier alpha value is -0.0800. The zero-order chi connectivity index (χ0) is 7.56. The summed E-state index contributed by atoms with van der Waals surface area (Å²) in [7, 11) is 0. The second-order valence-electron chi connectivity index (χ2n) is 3.43. The van der Waals surface area contributed by atoms with E-state index in [0.29, 0.717) is 6.04 Å². The molecule has 2 heteroatoms. The van der Waals surface area contributed by atoms with Gasteiger partial charge in [0.15, 0.2) is 0 Å². The van der Waals surface area contributed by atoms with E-state index in [-0.39, 0.29) is 6.10 Å². The second kappa shape index (κ2) is 3.35. The summed E-state index contributed by atoms with van der Waals surface area (Å²) in [5.74, 6) is 0.779. The first-order chi connectivity index (χ1) is 4.70. The highest BCUT2D eigenvalue weighted by Gasteiger charge is 2.21. The summed E-state index contributed by atoms with van der Waals surface area (Å²) in [5.41, 5.74) is 0. The Morgan fingerprint density at radius 3 is 2.70 bits per heavy atom. The monoisotopic (exact) mass is 143 g/mol. The summed E-state index contributed by atoms with van der Waals surface area (Å²) in [6, 6.07) is 0.337. The molecule has 10 heavy (non-hydrogen) atoms. The van der Waals surface area contributed by atoms with Crippen molar-refractivity contribution in [3.05, 3.63) is 0 Å². The summed E-state index contributed by atoms with van der Waals surface area (Å²) >= 11 is 0. The van der Waals surface area contributed by atoms with Crippen LogP contribution in [0.5, 0.6) is 0 Å². The van der Waals surface area contributed by atoms with Crippen LogP contribution in [0.15, 0.2) is 0 Å². The summed E-state index contributed by atoms with van der Waals surface area (Å²) in [6.07, 6.45) is 2.18. The number of hydrogen-bond acceptors (Lipinski definition) is 2. The predicted molar refractivity (Wildman–Crippen MR) is 41.9 cm³/mol. The number of aliphatic hydroxyl groups is 1. The fraction of sp³-hybridized carbons (Fsp3) is 1.00. The van der Waals surface area contributed by atoms with E-state index in [2.05, 4.69) is 12.2 Å². The lowest BCUT2D eigenvalue weighted by Crippen LogP contribution is -2.44. The SMILES string of the molecule is C[C@H]1CCN[C@H]([C@@H](C)O)C1. The van der Waals surface area contributed by atoms with Gasteiger partial charge in [-0.3, -0.25) is 0 Å². The van der Waals surface area contributed by atoms with Crippen molar-refractivity contribution in [1.82, 2.24) is 5.32 Å². The number of aliphatic hydroxyl groups excluding tert-OH is 1. The van der Waals surface area contributed by atoms with E-state index < -0.39 is 0 Å². The van der Waals surface area contributed by atoms with Gasteiger partial charge in [0.1, 0.15) is 0 Å². The van der Waals surface area contributed by atoms with Crippen LogP contribution in [0.25, 0.3) is 0 Å². The molecule has 0 radical (unpaired) electrons. The van der Waals surface area contributed by atoms with E-state index in [1.54, 1.807) is 0 Å². The molecule has 0 aromatic rings. The minimum atomic E-state index is -0.192. The van der Waals surface area contributed by atoms with E-state index in [4.69, 9.17) is 0 Å². The largest absolute Gasteiger partial charge is 0.392 e. The van der Waals surface area contributed by atoms with Crippen molar-refractivity contribution in [2.75, 3.05) is 6.54 Å². The van der Waals surface area contributed by atoms with Gasteiger partial charge in [0.05, 0.1) is 6.10 Å². The van der Waals surface area contributed by atoms with Gasteiger partial charge in [-0.25, -0.2) is 0 Å². The lowest BCUT2D eigenvalue weighted by molar-refractivity contribution is 0.116. The van der Waals surface area contributed by atoms with Crippen molar-refractivity contribution >= 4 is 0 Å². The third-order valence-corrected chi connectivity index (χ3v) is 2.28. The third kappa shape index (κ3) is 1.96. The standard InChI is InChI=1S/C8H17NO/c1-6-3-4-9-8(5-6)7(2)10/h6-10H,3-5H2,1-2H3/t6-,7+,8-/m0/s1. The average molecular weight is 143 g/mol. The van der Waals surface area contributed by atoms with Crippen LogP contribution in [0.4, 0.5) is 0 Å². The first kappa shape index (κ1) is 8.02. The Kier molecular flexibility index (Phi) is 2.69. The maximum absolute atomic E-state index is 9.23. The van der Waals surface area contributed by atoms with E-state index in [0.717, 1.165) is 18.9 Å². The topological polar surface area (TPSA) is 32.3 Å². The Morgan fingerprint density at radius 2 is 2.30 bits per heavy atom. The van der Waals surface area contributed by atoms with Crippen LogP contribution in [0, 0.1) is 5.92 Å². The molecule has 1 aliphatic rings. The molecule has 1 heterocycles. The van der Waals surface area contributed by atoms with Gasteiger partial charge >= 0.3 is 0 Å². The molecule has 3 atom stereocenters. The van der Waals surface area contributed by atoms with Crippen LogP contribution in [-0.4, -0.2) is 23.8 Å². The van der Waals surface area contributed by atoms with Gasteiger partial charge in [0, 0.05) is 6.04 Å². The van der Waals surface area contributed by atoms with Crippen molar-refractivity contribution in [3.8, 4) is 0 Å². The van der Waals surface area contributed by atoms with Crippen molar-refractivity contribution in [2.24, 2.45) is 5.92 Å². The van der Waals surface area contributed by atoms with Gasteiger partial charge in [-0.2, -0.15) is 0 Å². The summed E-state index contributed by atoms with van der Waals surface area (Å²) in [5, 5.41) is 12.5. The van der Waals surface area contributed by atoms with Crippen molar-refractivity contribution in [2.45, 2.75) is 38.8 Å². The highest BCUT2D eigenvalue weighted by Crippen LogP contribution is 2.16. The van der Waals surface area contributed by atoms with Crippen LogP contribution >= 0.6 is 0 Å². The molecule has 0 aromatic heterocycles. The summed E-state index contributed by atoms with van der Waals surface area (Å²) < 4.78 is 0. The van der Waals surface area contributed by atoms with Gasteiger partial charge in [0.2, 0.25) is 0 Å². The molecule has 2 N–H and O–H groups in total. The molecular formula is C8H17NO. The molecular weight excluding hydrogens is 126 g/mol. The van der Waals surface area contributed by atoms with Crippen LogP contribution < -0.4 is 5.32 Å². The Labute approximate surface area is 62.6 Å². The normalized spacial score (nSPS) is 37.5. The summed E-state index contributed by atoms with van der Waals surface area (Å²) in [6.45, 7) is 5.17. The molecule has 0 unspecified atom stereocenters. The lowest BCUT2D eigenvalue weighted by Gasteiger charge is -2.29. The van der Waals surface area contributed by atoms with Crippen molar-refractivity contribution in [1.29, 1.82) is 0 Å². The smallest absolute Gasteiger partial charge is 0.0665 e. The average Bonchev–Trinajstić information content (AvgIpc) is 1.88. The Bertz CT molecular complexity index is 103. The molecule has 0 aromatic carbocycles. The van der Waals surface area contributed by atoms with Crippen molar-refractivity contribution in [3.63, 3.8) is 0 Å². The predicted octanol–water partition coefficient (Wildman–Crippen LogP) is 0.755. The minimum absolute atomic E-state index is 0.192. The maximum Gasteiger partial charge on any atom is 0.0665 e. The lowest BCUT2D eigenvalue weighted by atomic mass is 9.92. The number of piperidine rings is 1. The fourth-order valence-electron chi connectivity index (χ4n) is 1.52. The second-order valence-corrected chi connectivity index (χ2v) is 3.43. The zero-order valence-electron chi connectivity index (χ0n) is 6.80. The third-order valence-electron chi connectivity index (χ3n) is 2.28. The van der Waals surface area contributed by atoms with Gasteiger partial charge in [0.25, 0.3) is 0 Å². The highest BCUT2D eigenvalue weighted by atomic mass is 16.3. The Morgan fingerprint density at radius 1 is 1.60 bits per heavy atom. The molecule has 1 aliphatic heterocycles. The van der Waals surface area contributed by atoms with E-state index in [9.17, 15) is 5.11 Å². The molecule has 0 bridgehead atoms. The molecule has 1 fully saturated rings. The van der Waals surface area contributed by atoms with E-state index in [1.807, 2.05) is 6.92 Å². The molecule has 60 valence electrons. The van der Waals surface area contributed by atoms with Gasteiger partial charge in [-0.05, 0) is 32.2 Å². The Balaban J connectivity index is 2.32. The first-order valence-corrected chi connectivity index (χ1v) is 4.11. The van der Waals surface area contributed by atoms with E-state index in [1.165, 1.54) is 6.42 Å². The van der Waals surface area contributed by atoms with Crippen LogP contribution in [0.2, 0.25) is 0 Å². The van der Waals surface area contributed by atoms with Crippen LogP contribution in [-0.2, 0) is 0 Å². The summed E-state index contributed by atoms with van der Waals surface area (Å²) in [4.78, 5) is 0. The molecule has 0 aliphatic carbocycles. The fourth-order valence-corrected chi connectivity index (χ4v) is 1.52. The van der Waals surface area contributed by atoms with Crippen molar-refractivity contribution < 1.29 is 5.11 Å².